The molecular formula is C20H21FN2O4. The van der Waals surface area contributed by atoms with Crippen LogP contribution < -0.4 is 10.6 Å². The van der Waals surface area contributed by atoms with Crippen molar-refractivity contribution in [1.82, 2.24) is 5.32 Å². The molecule has 2 N–H and O–H groups in total. The van der Waals surface area contributed by atoms with Crippen molar-refractivity contribution in [2.75, 3.05) is 18.5 Å². The van der Waals surface area contributed by atoms with Crippen molar-refractivity contribution in [2.45, 2.75) is 19.3 Å². The zero-order chi connectivity index (χ0) is 19.6. The fraction of sp³-hybridized carbons (Fsp3) is 0.250. The molecule has 142 valence electrons. The number of nitrogens with one attached hydrogen (secondary N) is 2. The maximum Gasteiger partial charge on any atom is 0.306 e. The van der Waals surface area contributed by atoms with E-state index in [0.29, 0.717) is 5.69 Å². The average molecular weight is 372 g/mol. The number of amides is 2. The van der Waals surface area contributed by atoms with Gasteiger partial charge in [-0.1, -0.05) is 37.3 Å². The third-order valence-corrected chi connectivity index (χ3v) is 3.78. The predicted octanol–water partition coefficient (Wildman–Crippen LogP) is 2.62. The summed E-state index contributed by atoms with van der Waals surface area (Å²) >= 11 is 0. The third kappa shape index (κ3) is 7.27. The zero-order valence-electron chi connectivity index (χ0n) is 14.9. The van der Waals surface area contributed by atoms with Crippen LogP contribution in [-0.4, -0.2) is 30.9 Å². The molecule has 27 heavy (non-hydrogen) atoms. The fourth-order valence-electron chi connectivity index (χ4n) is 2.32. The Morgan fingerprint density at radius 1 is 1.00 bits per heavy atom. The van der Waals surface area contributed by atoms with Crippen LogP contribution in [0, 0.1) is 5.82 Å². The lowest BCUT2D eigenvalue weighted by atomic mass is 9.98. The van der Waals surface area contributed by atoms with E-state index in [9.17, 15) is 18.8 Å². The number of hydrogen-bond acceptors (Lipinski definition) is 4. The highest BCUT2D eigenvalue weighted by Gasteiger charge is 2.14. The van der Waals surface area contributed by atoms with E-state index in [1.165, 1.54) is 24.3 Å². The molecule has 2 aromatic rings. The molecule has 0 aliphatic rings. The number of carbonyl (C=O) groups is 3. The van der Waals surface area contributed by atoms with Gasteiger partial charge in [0.1, 0.15) is 5.82 Å². The summed E-state index contributed by atoms with van der Waals surface area (Å²) in [5, 5.41) is 4.86. The molecule has 0 saturated carbocycles. The molecule has 0 saturated heterocycles. The maximum atomic E-state index is 12.8. The molecule has 0 aliphatic heterocycles. The molecule has 0 spiro atoms. The van der Waals surface area contributed by atoms with Gasteiger partial charge in [-0.25, -0.2) is 4.39 Å². The van der Waals surface area contributed by atoms with Crippen LogP contribution in [0.25, 0.3) is 0 Å². The molecule has 2 aromatic carbocycles. The first kappa shape index (κ1) is 20.1. The summed E-state index contributed by atoms with van der Waals surface area (Å²) in [7, 11) is 0. The van der Waals surface area contributed by atoms with Crippen molar-refractivity contribution >= 4 is 23.5 Å². The zero-order valence-corrected chi connectivity index (χ0v) is 14.9. The topological polar surface area (TPSA) is 84.5 Å². The Hall–Kier alpha value is -3.22. The van der Waals surface area contributed by atoms with E-state index in [2.05, 4.69) is 10.6 Å². The number of esters is 1. The Morgan fingerprint density at radius 2 is 1.67 bits per heavy atom. The van der Waals surface area contributed by atoms with Gasteiger partial charge in [-0.3, -0.25) is 14.4 Å². The highest BCUT2D eigenvalue weighted by molar-refractivity contribution is 5.94. The van der Waals surface area contributed by atoms with Crippen molar-refractivity contribution in [2.24, 2.45) is 0 Å². The minimum absolute atomic E-state index is 0.0248. The number of halogens is 1. The predicted molar refractivity (Wildman–Crippen MR) is 98.5 cm³/mol. The summed E-state index contributed by atoms with van der Waals surface area (Å²) in [6, 6.07) is 14.8. The van der Waals surface area contributed by atoms with Gasteiger partial charge in [-0.2, -0.15) is 0 Å². The van der Waals surface area contributed by atoms with E-state index in [0.717, 1.165) is 5.56 Å². The molecule has 0 radical (unpaired) electrons. The van der Waals surface area contributed by atoms with Gasteiger partial charge < -0.3 is 15.4 Å². The molecule has 0 fully saturated rings. The van der Waals surface area contributed by atoms with Crippen LogP contribution in [0.4, 0.5) is 10.1 Å². The molecule has 0 aliphatic carbocycles. The third-order valence-electron chi connectivity index (χ3n) is 3.78. The van der Waals surface area contributed by atoms with Crippen LogP contribution in [0.1, 0.15) is 24.8 Å². The minimum Gasteiger partial charge on any atom is -0.456 e. The molecule has 1 atom stereocenters. The minimum atomic E-state index is -0.579. The molecule has 0 bridgehead atoms. The van der Waals surface area contributed by atoms with Crippen LogP contribution in [0.5, 0.6) is 0 Å². The summed E-state index contributed by atoms with van der Waals surface area (Å²) in [5.41, 5.74) is 1.42. The second-order valence-electron chi connectivity index (χ2n) is 6.01. The van der Waals surface area contributed by atoms with E-state index in [-0.39, 0.29) is 18.9 Å². The lowest BCUT2D eigenvalue weighted by Crippen LogP contribution is -2.35. The summed E-state index contributed by atoms with van der Waals surface area (Å²) in [6.45, 7) is 1.16. The van der Waals surface area contributed by atoms with E-state index in [1.54, 1.807) is 0 Å². The number of benzene rings is 2. The van der Waals surface area contributed by atoms with Crippen molar-refractivity contribution in [1.29, 1.82) is 0 Å². The van der Waals surface area contributed by atoms with Gasteiger partial charge in [0.15, 0.2) is 6.61 Å². The first-order valence-corrected chi connectivity index (χ1v) is 8.46. The number of ether oxygens (including phenoxy) is 1. The monoisotopic (exact) mass is 372 g/mol. The van der Waals surface area contributed by atoms with Gasteiger partial charge >= 0.3 is 5.97 Å². The second kappa shape index (κ2) is 10.1. The molecule has 0 heterocycles. The molecule has 6 nitrogen and oxygen atoms in total. The van der Waals surface area contributed by atoms with E-state index in [1.807, 2.05) is 37.3 Å². The van der Waals surface area contributed by atoms with Crippen LogP contribution in [0.15, 0.2) is 54.6 Å². The molecule has 2 rings (SSSR count). The number of carbonyl (C=O) groups excluding carboxylic acids is 3. The maximum absolute atomic E-state index is 12.8. The SMILES string of the molecule is C[C@H](CC(=O)OCC(=O)NCC(=O)Nc1ccc(F)cc1)c1ccccc1. The summed E-state index contributed by atoms with van der Waals surface area (Å²) in [6.07, 6.45) is 0.155. The highest BCUT2D eigenvalue weighted by atomic mass is 19.1. The number of anilines is 1. The standard InChI is InChI=1S/C20H21FN2O4/c1-14(15-5-3-2-4-6-15)11-20(26)27-13-19(25)22-12-18(24)23-17-9-7-16(21)8-10-17/h2-10,14H,11-13H2,1H3,(H,22,25)(H,23,24)/t14-/m1/s1. The Kier molecular flexibility index (Phi) is 7.49. The smallest absolute Gasteiger partial charge is 0.306 e. The lowest BCUT2D eigenvalue weighted by Gasteiger charge is -2.11. The molecule has 0 aromatic heterocycles. The normalized spacial score (nSPS) is 11.3. The first-order chi connectivity index (χ1) is 12.9. The van der Waals surface area contributed by atoms with Gasteiger partial charge in [0.2, 0.25) is 5.91 Å². The second-order valence-corrected chi connectivity index (χ2v) is 6.01. The Balaban J connectivity index is 1.65. The number of rotatable bonds is 8. The van der Waals surface area contributed by atoms with Crippen molar-refractivity contribution in [3.63, 3.8) is 0 Å². The van der Waals surface area contributed by atoms with Crippen molar-refractivity contribution in [3.8, 4) is 0 Å². The van der Waals surface area contributed by atoms with E-state index in [4.69, 9.17) is 4.74 Å². The average Bonchev–Trinajstić information content (AvgIpc) is 2.67. The molecule has 2 amide bonds. The number of hydrogen-bond donors (Lipinski definition) is 2. The van der Waals surface area contributed by atoms with Gasteiger partial charge in [0.05, 0.1) is 13.0 Å². The first-order valence-electron chi connectivity index (χ1n) is 8.46. The van der Waals surface area contributed by atoms with Crippen LogP contribution >= 0.6 is 0 Å². The van der Waals surface area contributed by atoms with E-state index < -0.39 is 30.2 Å². The highest BCUT2D eigenvalue weighted by Crippen LogP contribution is 2.18. The fourth-order valence-corrected chi connectivity index (χ4v) is 2.32. The van der Waals surface area contributed by atoms with E-state index >= 15 is 0 Å². The van der Waals surface area contributed by atoms with Crippen molar-refractivity contribution < 1.29 is 23.5 Å². The summed E-state index contributed by atoms with van der Waals surface area (Å²) in [4.78, 5) is 35.2. The van der Waals surface area contributed by atoms with Crippen LogP contribution in [-0.2, 0) is 19.1 Å². The largest absolute Gasteiger partial charge is 0.456 e. The Labute approximate surface area is 156 Å². The summed E-state index contributed by atoms with van der Waals surface area (Å²) in [5.74, 6) is -1.98. The van der Waals surface area contributed by atoms with Crippen LogP contribution in [0.3, 0.4) is 0 Å². The quantitative estimate of drug-likeness (QED) is 0.698. The van der Waals surface area contributed by atoms with Crippen LogP contribution in [0.2, 0.25) is 0 Å². The van der Waals surface area contributed by atoms with Gasteiger partial charge in [-0.15, -0.1) is 0 Å². The lowest BCUT2D eigenvalue weighted by molar-refractivity contribution is -0.148. The Bertz CT molecular complexity index is 778. The molecule has 7 heteroatoms. The molecular weight excluding hydrogens is 351 g/mol. The Morgan fingerprint density at radius 3 is 2.33 bits per heavy atom. The van der Waals surface area contributed by atoms with Crippen molar-refractivity contribution in [3.05, 3.63) is 66.0 Å². The van der Waals surface area contributed by atoms with Gasteiger partial charge in [0.25, 0.3) is 5.91 Å². The molecule has 0 unspecified atom stereocenters. The summed E-state index contributed by atoms with van der Waals surface area (Å²) < 4.78 is 17.7. The van der Waals surface area contributed by atoms with Gasteiger partial charge in [0, 0.05) is 5.69 Å². The van der Waals surface area contributed by atoms with Gasteiger partial charge in [-0.05, 0) is 35.7 Å².